The van der Waals surface area contributed by atoms with Crippen molar-refractivity contribution in [2.45, 2.75) is 20.8 Å². The summed E-state index contributed by atoms with van der Waals surface area (Å²) in [6.07, 6.45) is 0. The number of aryl methyl sites for hydroxylation is 1. The van der Waals surface area contributed by atoms with E-state index in [1.54, 1.807) is 23.1 Å². The lowest BCUT2D eigenvalue weighted by Gasteiger charge is -2.36. The van der Waals surface area contributed by atoms with Crippen LogP contribution in [0.5, 0.6) is 5.75 Å². The van der Waals surface area contributed by atoms with Crippen LogP contribution in [0.3, 0.4) is 0 Å². The summed E-state index contributed by atoms with van der Waals surface area (Å²) in [5, 5.41) is 0.617. The zero-order valence-electron chi connectivity index (χ0n) is 15.4. The van der Waals surface area contributed by atoms with Crippen molar-refractivity contribution in [2.75, 3.05) is 45.9 Å². The molecule has 0 spiro atoms. The second-order valence-corrected chi connectivity index (χ2v) is 8.44. The molecule has 0 N–H and O–H groups in total. The molecule has 0 radical (unpaired) electrons. The zero-order chi connectivity index (χ0) is 19.3. The summed E-state index contributed by atoms with van der Waals surface area (Å²) in [7, 11) is -3.45. The molecule has 146 valence electrons. The van der Waals surface area contributed by atoms with Crippen LogP contribution in [0.4, 0.5) is 0 Å². The number of rotatable bonds is 7. The molecule has 1 aromatic rings. The Kier molecular flexibility index (Phi) is 7.28. The van der Waals surface area contributed by atoms with Crippen LogP contribution in [-0.2, 0) is 15.0 Å². The van der Waals surface area contributed by atoms with Crippen LogP contribution in [0.2, 0.25) is 5.02 Å². The number of ether oxygens (including phenoxy) is 1. The predicted octanol–water partition coefficient (Wildman–Crippen LogP) is 1.76. The molecule has 0 aromatic heterocycles. The topological polar surface area (TPSA) is 70.2 Å². The summed E-state index contributed by atoms with van der Waals surface area (Å²) in [6, 6.07) is 5.23. The van der Waals surface area contributed by atoms with Gasteiger partial charge in [-0.15, -0.1) is 0 Å². The Morgan fingerprint density at radius 2 is 1.81 bits per heavy atom. The van der Waals surface area contributed by atoms with Gasteiger partial charge in [0, 0.05) is 44.3 Å². The molecule has 1 saturated heterocycles. The molecular weight excluding hydrogens is 378 g/mol. The van der Waals surface area contributed by atoms with E-state index in [2.05, 4.69) is 0 Å². The van der Waals surface area contributed by atoms with E-state index in [0.717, 1.165) is 5.56 Å². The maximum Gasteiger partial charge on any atom is 0.282 e. The fourth-order valence-electron chi connectivity index (χ4n) is 2.89. The zero-order valence-corrected chi connectivity index (χ0v) is 17.0. The molecule has 1 aromatic carbocycles. The van der Waals surface area contributed by atoms with E-state index in [1.807, 2.05) is 20.8 Å². The standard InChI is InChI=1S/C17H26ClN3O4S/c1-4-20(5-2)26(23,24)21-10-8-19(9-11-21)17(22)13-25-16-7-6-15(18)12-14(16)3/h6-7,12H,4-5,8-11,13H2,1-3H3. The van der Waals surface area contributed by atoms with E-state index in [9.17, 15) is 13.2 Å². The van der Waals surface area contributed by atoms with Crippen molar-refractivity contribution >= 4 is 27.7 Å². The maximum absolute atomic E-state index is 12.5. The fourth-order valence-corrected chi connectivity index (χ4v) is 4.72. The van der Waals surface area contributed by atoms with E-state index < -0.39 is 10.2 Å². The summed E-state index contributed by atoms with van der Waals surface area (Å²) in [5.74, 6) is 0.463. The van der Waals surface area contributed by atoms with E-state index in [4.69, 9.17) is 16.3 Å². The minimum Gasteiger partial charge on any atom is -0.483 e. The number of hydrogen-bond donors (Lipinski definition) is 0. The molecule has 26 heavy (non-hydrogen) atoms. The monoisotopic (exact) mass is 403 g/mol. The predicted molar refractivity (Wildman–Crippen MR) is 102 cm³/mol. The van der Waals surface area contributed by atoms with Gasteiger partial charge < -0.3 is 9.64 Å². The lowest BCUT2D eigenvalue weighted by molar-refractivity contribution is -0.134. The summed E-state index contributed by atoms with van der Waals surface area (Å²) < 4.78 is 33.5. The molecule has 1 aliphatic heterocycles. The molecule has 2 rings (SSSR count). The Morgan fingerprint density at radius 3 is 2.35 bits per heavy atom. The molecule has 0 aliphatic carbocycles. The third kappa shape index (κ3) is 4.88. The van der Waals surface area contributed by atoms with Gasteiger partial charge in [0.05, 0.1) is 0 Å². The molecule has 1 amide bonds. The normalized spacial score (nSPS) is 16.1. The highest BCUT2D eigenvalue weighted by atomic mass is 35.5. The van der Waals surface area contributed by atoms with E-state index >= 15 is 0 Å². The van der Waals surface area contributed by atoms with Gasteiger partial charge in [0.1, 0.15) is 5.75 Å². The lowest BCUT2D eigenvalue weighted by Crippen LogP contribution is -2.54. The summed E-state index contributed by atoms with van der Waals surface area (Å²) >= 11 is 5.91. The molecule has 0 bridgehead atoms. The van der Waals surface area contributed by atoms with E-state index in [-0.39, 0.29) is 12.5 Å². The van der Waals surface area contributed by atoms with Crippen LogP contribution >= 0.6 is 11.6 Å². The first-order valence-electron chi connectivity index (χ1n) is 8.71. The van der Waals surface area contributed by atoms with Crippen molar-refractivity contribution in [1.82, 2.24) is 13.5 Å². The molecule has 0 atom stereocenters. The van der Waals surface area contributed by atoms with Gasteiger partial charge >= 0.3 is 0 Å². The number of carbonyl (C=O) groups is 1. The summed E-state index contributed by atoms with van der Waals surface area (Å²) in [6.45, 7) is 7.61. The summed E-state index contributed by atoms with van der Waals surface area (Å²) in [4.78, 5) is 14.0. The van der Waals surface area contributed by atoms with Crippen molar-refractivity contribution in [2.24, 2.45) is 0 Å². The number of hydrogen-bond acceptors (Lipinski definition) is 4. The van der Waals surface area contributed by atoms with Crippen LogP contribution in [0.1, 0.15) is 19.4 Å². The van der Waals surface area contributed by atoms with Gasteiger partial charge in [-0.05, 0) is 30.7 Å². The van der Waals surface area contributed by atoms with Crippen molar-refractivity contribution in [3.63, 3.8) is 0 Å². The third-order valence-electron chi connectivity index (χ3n) is 4.44. The SMILES string of the molecule is CCN(CC)S(=O)(=O)N1CCN(C(=O)COc2ccc(Cl)cc2C)CC1. The first-order valence-corrected chi connectivity index (χ1v) is 10.5. The second kappa shape index (κ2) is 9.03. The second-order valence-electron chi connectivity index (χ2n) is 6.07. The van der Waals surface area contributed by atoms with Gasteiger partial charge in [-0.25, -0.2) is 0 Å². The van der Waals surface area contributed by atoms with Crippen LogP contribution in [-0.4, -0.2) is 73.7 Å². The number of halogens is 1. The summed E-state index contributed by atoms with van der Waals surface area (Å²) in [5.41, 5.74) is 0.862. The quantitative estimate of drug-likeness (QED) is 0.695. The minimum atomic E-state index is -3.45. The van der Waals surface area contributed by atoms with Crippen molar-refractivity contribution < 1.29 is 17.9 Å². The van der Waals surface area contributed by atoms with Gasteiger partial charge in [0.15, 0.2) is 6.61 Å². The third-order valence-corrected chi connectivity index (χ3v) is 6.86. The Hall–Kier alpha value is -1.35. The maximum atomic E-state index is 12.5. The number of carbonyl (C=O) groups excluding carboxylic acids is 1. The molecule has 1 aliphatic rings. The lowest BCUT2D eigenvalue weighted by atomic mass is 10.2. The fraction of sp³-hybridized carbons (Fsp3) is 0.588. The van der Waals surface area contributed by atoms with Gasteiger partial charge in [-0.1, -0.05) is 25.4 Å². The number of nitrogens with zero attached hydrogens (tertiary/aromatic N) is 3. The average molecular weight is 404 g/mol. The Morgan fingerprint density at radius 1 is 1.19 bits per heavy atom. The molecule has 7 nitrogen and oxygen atoms in total. The number of amides is 1. The number of piperazine rings is 1. The van der Waals surface area contributed by atoms with Gasteiger partial charge in [0.25, 0.3) is 16.1 Å². The van der Waals surface area contributed by atoms with Crippen molar-refractivity contribution in [1.29, 1.82) is 0 Å². The first kappa shape index (κ1) is 21.0. The molecule has 0 unspecified atom stereocenters. The molecule has 1 fully saturated rings. The number of benzene rings is 1. The Bertz CT molecular complexity index is 730. The largest absolute Gasteiger partial charge is 0.483 e. The van der Waals surface area contributed by atoms with Crippen LogP contribution in [0.25, 0.3) is 0 Å². The highest BCUT2D eigenvalue weighted by molar-refractivity contribution is 7.86. The van der Waals surface area contributed by atoms with Crippen LogP contribution in [0.15, 0.2) is 18.2 Å². The van der Waals surface area contributed by atoms with Crippen molar-refractivity contribution in [3.05, 3.63) is 28.8 Å². The van der Waals surface area contributed by atoms with E-state index in [1.165, 1.54) is 8.61 Å². The van der Waals surface area contributed by atoms with Crippen LogP contribution < -0.4 is 4.74 Å². The molecule has 9 heteroatoms. The van der Waals surface area contributed by atoms with Gasteiger partial charge in [0.2, 0.25) is 0 Å². The average Bonchev–Trinajstić information content (AvgIpc) is 2.61. The highest BCUT2D eigenvalue weighted by Crippen LogP contribution is 2.22. The van der Waals surface area contributed by atoms with Crippen molar-refractivity contribution in [3.8, 4) is 5.75 Å². The molecular formula is C17H26ClN3O4S. The molecule has 0 saturated carbocycles. The highest BCUT2D eigenvalue weighted by Gasteiger charge is 2.32. The molecule has 1 heterocycles. The van der Waals surface area contributed by atoms with Crippen LogP contribution in [0, 0.1) is 6.92 Å². The van der Waals surface area contributed by atoms with Gasteiger partial charge in [-0.2, -0.15) is 17.0 Å². The first-order chi connectivity index (χ1) is 12.3. The van der Waals surface area contributed by atoms with Gasteiger partial charge in [-0.3, -0.25) is 4.79 Å². The Balaban J connectivity index is 1.88. The Labute approximate surface area is 160 Å². The van der Waals surface area contributed by atoms with E-state index in [0.29, 0.717) is 50.0 Å². The minimum absolute atomic E-state index is 0.0781. The smallest absolute Gasteiger partial charge is 0.282 e.